The molecule has 6 nitrogen and oxygen atoms in total. The van der Waals surface area contributed by atoms with Gasteiger partial charge in [0.2, 0.25) is 0 Å². The largest absolute Gasteiger partial charge is 0.390 e. The van der Waals surface area contributed by atoms with E-state index in [0.29, 0.717) is 31.0 Å². The smallest absolute Gasteiger partial charge is 0.251 e. The summed E-state index contributed by atoms with van der Waals surface area (Å²) in [5.41, 5.74) is 4.44. The third-order valence-corrected chi connectivity index (χ3v) is 6.16. The number of nitrogens with zero attached hydrogens (tertiary/aromatic N) is 3. The highest BCUT2D eigenvalue weighted by atomic mass is 16.3. The first-order valence-corrected chi connectivity index (χ1v) is 11.5. The molecule has 2 aromatic carbocycles. The molecule has 1 unspecified atom stereocenters. The van der Waals surface area contributed by atoms with Crippen molar-refractivity contribution in [1.29, 1.82) is 0 Å². The minimum atomic E-state index is -0.506. The summed E-state index contributed by atoms with van der Waals surface area (Å²) in [6.45, 7) is 3.45. The number of hydrogen-bond donors (Lipinski definition) is 2. The van der Waals surface area contributed by atoms with E-state index >= 15 is 0 Å². The summed E-state index contributed by atoms with van der Waals surface area (Å²) >= 11 is 0. The van der Waals surface area contributed by atoms with Crippen LogP contribution in [0.25, 0.3) is 0 Å². The first-order chi connectivity index (χ1) is 16.1. The zero-order valence-corrected chi connectivity index (χ0v) is 19.2. The molecule has 1 aliphatic heterocycles. The summed E-state index contributed by atoms with van der Waals surface area (Å²) in [7, 11) is 1.90. The number of carbonyl (C=O) groups is 1. The Balaban J connectivity index is 1.29. The first-order valence-electron chi connectivity index (χ1n) is 11.5. The summed E-state index contributed by atoms with van der Waals surface area (Å²) in [4.78, 5) is 21.2. The molecule has 6 heteroatoms. The van der Waals surface area contributed by atoms with Gasteiger partial charge < -0.3 is 20.2 Å². The normalized spacial score (nSPS) is 14.7. The van der Waals surface area contributed by atoms with E-state index in [4.69, 9.17) is 0 Å². The number of aliphatic hydroxyl groups is 1. The van der Waals surface area contributed by atoms with Crippen LogP contribution >= 0.6 is 0 Å². The van der Waals surface area contributed by atoms with Crippen LogP contribution in [0.15, 0.2) is 72.9 Å². The Bertz CT molecular complexity index is 1030. The lowest BCUT2D eigenvalue weighted by Crippen LogP contribution is -2.40. The van der Waals surface area contributed by atoms with E-state index in [1.165, 1.54) is 11.1 Å². The third-order valence-electron chi connectivity index (χ3n) is 6.16. The molecule has 4 rings (SSSR count). The Labute approximate surface area is 195 Å². The predicted molar refractivity (Wildman–Crippen MR) is 131 cm³/mol. The zero-order chi connectivity index (χ0) is 23.0. The summed E-state index contributed by atoms with van der Waals surface area (Å²) in [5, 5.41) is 13.7. The zero-order valence-electron chi connectivity index (χ0n) is 19.2. The van der Waals surface area contributed by atoms with Crippen LogP contribution in [-0.2, 0) is 19.4 Å². The van der Waals surface area contributed by atoms with Crippen molar-refractivity contribution in [3.63, 3.8) is 0 Å². The summed E-state index contributed by atoms with van der Waals surface area (Å²) < 4.78 is 0. The molecule has 1 amide bonds. The molecule has 0 radical (unpaired) electrons. The molecule has 1 atom stereocenters. The quantitative estimate of drug-likeness (QED) is 0.559. The topological polar surface area (TPSA) is 68.7 Å². The first kappa shape index (κ1) is 23.0. The van der Waals surface area contributed by atoms with Crippen molar-refractivity contribution in [2.45, 2.75) is 25.5 Å². The van der Waals surface area contributed by atoms with Gasteiger partial charge >= 0.3 is 0 Å². The molecule has 1 aliphatic rings. The van der Waals surface area contributed by atoms with Gasteiger partial charge in [0.15, 0.2) is 0 Å². The number of nitrogens with one attached hydrogen (secondary N) is 1. The molecule has 33 heavy (non-hydrogen) atoms. The number of β-amino-alcohol motifs (C(OH)–C–C–N with tert-alkyl or cyclic N) is 1. The SMILES string of the molecule is CN(CC(O)CN1CCc2ccccc2CC1)c1cc(C(=O)NCc2ccccc2)ccn1. The number of anilines is 1. The highest BCUT2D eigenvalue weighted by Crippen LogP contribution is 2.16. The number of amides is 1. The van der Waals surface area contributed by atoms with E-state index < -0.39 is 6.10 Å². The molecule has 0 spiro atoms. The van der Waals surface area contributed by atoms with E-state index in [2.05, 4.69) is 39.5 Å². The average molecular weight is 445 g/mol. The van der Waals surface area contributed by atoms with Crippen LogP contribution < -0.4 is 10.2 Å². The van der Waals surface area contributed by atoms with Crippen molar-refractivity contribution in [2.75, 3.05) is 38.1 Å². The van der Waals surface area contributed by atoms with Crippen LogP contribution in [0.5, 0.6) is 0 Å². The summed E-state index contributed by atoms with van der Waals surface area (Å²) in [6.07, 6.45) is 3.16. The van der Waals surface area contributed by atoms with Gasteiger partial charge in [0.1, 0.15) is 5.82 Å². The summed E-state index contributed by atoms with van der Waals surface area (Å²) in [5.74, 6) is 0.533. The Morgan fingerprint density at radius 3 is 2.42 bits per heavy atom. The van der Waals surface area contributed by atoms with Crippen LogP contribution in [-0.4, -0.2) is 60.2 Å². The Hall–Kier alpha value is -3.22. The maximum absolute atomic E-state index is 12.6. The summed E-state index contributed by atoms with van der Waals surface area (Å²) in [6, 6.07) is 21.9. The molecule has 172 valence electrons. The lowest BCUT2D eigenvalue weighted by Gasteiger charge is -2.27. The highest BCUT2D eigenvalue weighted by Gasteiger charge is 2.18. The minimum Gasteiger partial charge on any atom is -0.390 e. The van der Waals surface area contributed by atoms with E-state index in [1.54, 1.807) is 18.3 Å². The minimum absolute atomic E-state index is 0.138. The van der Waals surface area contributed by atoms with Gasteiger partial charge in [0.25, 0.3) is 5.91 Å². The molecule has 3 aromatic rings. The number of carbonyl (C=O) groups excluding carboxylic acids is 1. The van der Waals surface area contributed by atoms with Gasteiger partial charge in [-0.1, -0.05) is 54.6 Å². The van der Waals surface area contributed by atoms with E-state index in [9.17, 15) is 9.90 Å². The van der Waals surface area contributed by atoms with Crippen LogP contribution in [0.3, 0.4) is 0 Å². The maximum atomic E-state index is 12.6. The van der Waals surface area contributed by atoms with Gasteiger partial charge in [-0.3, -0.25) is 4.79 Å². The number of benzene rings is 2. The average Bonchev–Trinajstić information content (AvgIpc) is 3.05. The van der Waals surface area contributed by atoms with Crippen molar-refractivity contribution >= 4 is 11.7 Å². The van der Waals surface area contributed by atoms with Gasteiger partial charge in [-0.25, -0.2) is 4.98 Å². The molecule has 0 bridgehead atoms. The van der Waals surface area contributed by atoms with Crippen molar-refractivity contribution < 1.29 is 9.90 Å². The number of rotatable bonds is 8. The molecule has 0 fully saturated rings. The highest BCUT2D eigenvalue weighted by molar-refractivity contribution is 5.94. The number of fused-ring (bicyclic) bond motifs is 1. The Morgan fingerprint density at radius 2 is 1.73 bits per heavy atom. The van der Waals surface area contributed by atoms with Gasteiger partial charge in [0.05, 0.1) is 6.10 Å². The number of hydrogen-bond acceptors (Lipinski definition) is 5. The number of pyridine rings is 1. The monoisotopic (exact) mass is 444 g/mol. The fraction of sp³-hybridized carbons (Fsp3) is 0.333. The fourth-order valence-corrected chi connectivity index (χ4v) is 4.31. The predicted octanol–water partition coefficient (Wildman–Crippen LogP) is 2.91. The van der Waals surface area contributed by atoms with Crippen LogP contribution in [0.1, 0.15) is 27.0 Å². The second-order valence-electron chi connectivity index (χ2n) is 8.67. The van der Waals surface area contributed by atoms with Gasteiger partial charge in [-0.15, -0.1) is 0 Å². The molecular formula is C27H32N4O2. The second-order valence-corrected chi connectivity index (χ2v) is 8.67. The number of aromatic nitrogens is 1. The van der Waals surface area contributed by atoms with Crippen molar-refractivity contribution in [1.82, 2.24) is 15.2 Å². The standard InChI is InChI=1S/C27H32N4O2/c1-30(19-25(32)20-31-15-12-22-9-5-6-10-23(22)13-16-31)26-17-24(11-14-28-26)27(33)29-18-21-7-3-2-4-8-21/h2-11,14,17,25,32H,12-13,15-16,18-20H2,1H3,(H,29,33). The molecule has 1 aromatic heterocycles. The third kappa shape index (κ3) is 6.40. The Kier molecular flexibility index (Phi) is 7.70. The van der Waals surface area contributed by atoms with Crippen LogP contribution in [0.4, 0.5) is 5.82 Å². The van der Waals surface area contributed by atoms with Gasteiger partial charge in [-0.05, 0) is 41.7 Å². The lowest BCUT2D eigenvalue weighted by molar-refractivity contribution is 0.0951. The second kappa shape index (κ2) is 11.1. The molecular weight excluding hydrogens is 412 g/mol. The molecule has 0 saturated carbocycles. The Morgan fingerprint density at radius 1 is 1.06 bits per heavy atom. The fourth-order valence-electron chi connectivity index (χ4n) is 4.31. The van der Waals surface area contributed by atoms with Crippen molar-refractivity contribution in [2.24, 2.45) is 0 Å². The van der Waals surface area contributed by atoms with Gasteiger partial charge in [-0.2, -0.15) is 0 Å². The maximum Gasteiger partial charge on any atom is 0.251 e. The molecule has 0 aliphatic carbocycles. The van der Waals surface area contributed by atoms with E-state index in [-0.39, 0.29) is 5.91 Å². The van der Waals surface area contributed by atoms with Crippen LogP contribution in [0.2, 0.25) is 0 Å². The van der Waals surface area contributed by atoms with Crippen molar-refractivity contribution in [3.05, 3.63) is 95.2 Å². The van der Waals surface area contributed by atoms with Crippen molar-refractivity contribution in [3.8, 4) is 0 Å². The lowest BCUT2D eigenvalue weighted by atomic mass is 10.0. The van der Waals surface area contributed by atoms with E-state index in [0.717, 1.165) is 31.5 Å². The number of aliphatic hydroxyl groups excluding tert-OH is 1. The molecule has 2 heterocycles. The molecule has 0 saturated heterocycles. The van der Waals surface area contributed by atoms with Crippen LogP contribution in [0, 0.1) is 0 Å². The van der Waals surface area contributed by atoms with E-state index in [1.807, 2.05) is 42.3 Å². The van der Waals surface area contributed by atoms with Gasteiger partial charge in [0, 0.05) is 51.5 Å². The molecule has 2 N–H and O–H groups in total. The number of likely N-dealkylation sites (N-methyl/N-ethyl adjacent to an activating group) is 1.